The maximum Gasteiger partial charge on any atom is 0.406 e. The molecule has 38 heavy (non-hydrogen) atoms. The number of halogens is 1. The Morgan fingerprint density at radius 1 is 1.29 bits per heavy atom. The van der Waals surface area contributed by atoms with Crippen LogP contribution in [0.25, 0.3) is 0 Å². The van der Waals surface area contributed by atoms with Crippen molar-refractivity contribution in [1.82, 2.24) is 20.4 Å². The summed E-state index contributed by atoms with van der Waals surface area (Å²) in [5.41, 5.74) is 1.71. The Morgan fingerprint density at radius 2 is 2.11 bits per heavy atom. The van der Waals surface area contributed by atoms with Gasteiger partial charge in [-0.3, -0.25) is 0 Å². The number of aryl methyl sites for hydroxylation is 1. The van der Waals surface area contributed by atoms with E-state index in [1.54, 1.807) is 6.07 Å². The molecular weight excluding hydrogens is 491 g/mol. The van der Waals surface area contributed by atoms with Crippen molar-refractivity contribution in [3.63, 3.8) is 0 Å². The van der Waals surface area contributed by atoms with Gasteiger partial charge in [-0.25, -0.2) is 14.0 Å². The highest BCUT2D eigenvalue weighted by Crippen LogP contribution is 2.35. The fourth-order valence-corrected chi connectivity index (χ4v) is 5.61. The fraction of sp³-hybridized carbons (Fsp3) is 0.714. The minimum absolute atomic E-state index is 0.00535. The Labute approximate surface area is 226 Å². The molecule has 2 saturated heterocycles. The molecule has 10 heteroatoms. The van der Waals surface area contributed by atoms with E-state index in [1.807, 2.05) is 30.8 Å². The fourth-order valence-electron chi connectivity index (χ4n) is 5.61. The van der Waals surface area contributed by atoms with Gasteiger partial charge in [0.2, 0.25) is 0 Å². The van der Waals surface area contributed by atoms with Crippen molar-refractivity contribution in [2.75, 3.05) is 67.2 Å². The predicted octanol–water partition coefficient (Wildman–Crippen LogP) is 3.72. The maximum absolute atomic E-state index is 14.3. The first kappa shape index (κ1) is 30.1. The van der Waals surface area contributed by atoms with Gasteiger partial charge in [-0.15, -0.1) is 0 Å². The molecule has 0 unspecified atom stereocenters. The lowest BCUT2D eigenvalue weighted by atomic mass is 9.86. The topological polar surface area (TPSA) is 92.4 Å². The summed E-state index contributed by atoms with van der Waals surface area (Å²) in [5.74, 6) is 0.130. The molecule has 0 bridgehead atoms. The second-order valence-corrected chi connectivity index (χ2v) is 10.5. The van der Waals surface area contributed by atoms with Crippen LogP contribution in [-0.4, -0.2) is 95.2 Å². The molecule has 0 aliphatic carbocycles. The zero-order chi connectivity index (χ0) is 27.5. The Morgan fingerprint density at radius 3 is 2.82 bits per heavy atom. The molecule has 2 aliphatic rings. The summed E-state index contributed by atoms with van der Waals surface area (Å²) >= 11 is 0. The van der Waals surface area contributed by atoms with Gasteiger partial charge in [-0.1, -0.05) is 6.07 Å². The van der Waals surface area contributed by atoms with Crippen molar-refractivity contribution in [3.8, 4) is 0 Å². The summed E-state index contributed by atoms with van der Waals surface area (Å²) in [5, 5.41) is 5.87. The van der Waals surface area contributed by atoms with Gasteiger partial charge in [0.05, 0.1) is 19.8 Å². The molecule has 2 heterocycles. The van der Waals surface area contributed by atoms with E-state index in [2.05, 4.69) is 15.4 Å². The van der Waals surface area contributed by atoms with Crippen LogP contribution in [0.1, 0.15) is 49.3 Å². The molecular formula is C28H45FN4O5. The lowest BCUT2D eigenvalue weighted by Gasteiger charge is -2.41. The first-order chi connectivity index (χ1) is 18.3. The van der Waals surface area contributed by atoms with Crippen LogP contribution < -0.4 is 10.6 Å². The third-order valence-electron chi connectivity index (χ3n) is 7.71. The third kappa shape index (κ3) is 8.54. The number of urea groups is 1. The number of likely N-dealkylation sites (N-methyl/N-ethyl adjacent to an activating group) is 2. The Hall–Kier alpha value is -2.43. The normalized spacial score (nSPS) is 21.4. The number of ether oxygens (including phenoxy) is 3. The summed E-state index contributed by atoms with van der Waals surface area (Å²) in [6.45, 7) is 5.95. The number of amides is 3. The minimum atomic E-state index is -0.527. The van der Waals surface area contributed by atoms with E-state index < -0.39 is 12.2 Å². The largest absolute Gasteiger partial charge is 0.453 e. The van der Waals surface area contributed by atoms with Crippen LogP contribution in [0.2, 0.25) is 0 Å². The standard InChI is InChI=1S/C28H45FN4O5/c1-20-9-10-23(29)16-25(20)26(38-14-11-31-27(34)36-4)22-8-5-12-33(18-22)28(35)32(3)24(17-30-2)15-21-7-6-13-37-19-21/h9-10,16,21-22,24,26,30H,5-8,11-15,17-19H2,1-4H3,(H,31,34)/t21-,22-,24+,26-/m1/s1. The predicted molar refractivity (Wildman–Crippen MR) is 144 cm³/mol. The van der Waals surface area contributed by atoms with Crippen molar-refractivity contribution in [2.24, 2.45) is 11.8 Å². The highest BCUT2D eigenvalue weighted by atomic mass is 19.1. The van der Waals surface area contributed by atoms with E-state index in [0.29, 0.717) is 19.0 Å². The van der Waals surface area contributed by atoms with Crippen LogP contribution >= 0.6 is 0 Å². The number of piperidine rings is 1. The molecule has 1 aromatic carbocycles. The van der Waals surface area contributed by atoms with Gasteiger partial charge in [-0.05, 0) is 75.3 Å². The smallest absolute Gasteiger partial charge is 0.406 e. The molecule has 3 rings (SSSR count). The minimum Gasteiger partial charge on any atom is -0.453 e. The van der Waals surface area contributed by atoms with Gasteiger partial charge in [0, 0.05) is 58.4 Å². The number of nitrogens with zero attached hydrogens (tertiary/aromatic N) is 2. The van der Waals surface area contributed by atoms with Gasteiger partial charge in [0.25, 0.3) is 0 Å². The maximum atomic E-state index is 14.3. The molecule has 0 aromatic heterocycles. The van der Waals surface area contributed by atoms with Gasteiger partial charge in [-0.2, -0.15) is 0 Å². The first-order valence-electron chi connectivity index (χ1n) is 13.8. The van der Waals surface area contributed by atoms with Crippen LogP contribution in [0.3, 0.4) is 0 Å². The summed E-state index contributed by atoms with van der Waals surface area (Å²) < 4.78 is 30.8. The Kier molecular flexibility index (Phi) is 12.1. The SMILES string of the molecule is CNC[C@H](C[C@H]1CCCOC1)N(C)C(=O)N1CCC[C@@H]([C@@H](OCCNC(=O)OC)c2cc(F)ccc2C)C1. The van der Waals surface area contributed by atoms with Crippen molar-refractivity contribution < 1.29 is 28.2 Å². The van der Waals surface area contributed by atoms with E-state index >= 15 is 0 Å². The van der Waals surface area contributed by atoms with Gasteiger partial charge >= 0.3 is 12.1 Å². The highest BCUT2D eigenvalue weighted by molar-refractivity contribution is 5.74. The summed E-state index contributed by atoms with van der Waals surface area (Å²) in [6, 6.07) is 4.80. The summed E-state index contributed by atoms with van der Waals surface area (Å²) in [6.07, 6.45) is 3.87. The Bertz CT molecular complexity index is 898. The molecule has 9 nitrogen and oxygen atoms in total. The average molecular weight is 537 g/mol. The molecule has 2 aliphatic heterocycles. The average Bonchev–Trinajstić information content (AvgIpc) is 2.94. The molecule has 2 fully saturated rings. The van der Waals surface area contributed by atoms with E-state index in [9.17, 15) is 14.0 Å². The number of hydrogen-bond acceptors (Lipinski definition) is 6. The van der Waals surface area contributed by atoms with Crippen LogP contribution in [0, 0.1) is 24.6 Å². The zero-order valence-corrected chi connectivity index (χ0v) is 23.3. The van der Waals surface area contributed by atoms with Crippen molar-refractivity contribution in [2.45, 2.75) is 51.2 Å². The lowest BCUT2D eigenvalue weighted by molar-refractivity contribution is -0.0119. The number of hydrogen-bond donors (Lipinski definition) is 2. The van der Waals surface area contributed by atoms with E-state index in [1.165, 1.54) is 19.2 Å². The molecule has 1 aromatic rings. The molecule has 0 saturated carbocycles. The molecule has 4 atom stereocenters. The van der Waals surface area contributed by atoms with Crippen LogP contribution in [-0.2, 0) is 14.2 Å². The molecule has 2 N–H and O–H groups in total. The molecule has 0 radical (unpaired) electrons. The molecule has 214 valence electrons. The number of rotatable bonds is 11. The van der Waals surface area contributed by atoms with Gasteiger partial charge in [0.1, 0.15) is 5.82 Å². The number of nitrogens with one attached hydrogen (secondary N) is 2. The number of carbonyl (C=O) groups excluding carboxylic acids is 2. The van der Waals surface area contributed by atoms with Crippen LogP contribution in [0.4, 0.5) is 14.0 Å². The zero-order valence-electron chi connectivity index (χ0n) is 23.3. The highest BCUT2D eigenvalue weighted by Gasteiger charge is 2.35. The number of likely N-dealkylation sites (tertiary alicyclic amines) is 1. The van der Waals surface area contributed by atoms with Crippen molar-refractivity contribution in [3.05, 3.63) is 35.1 Å². The summed E-state index contributed by atoms with van der Waals surface area (Å²) in [4.78, 5) is 28.9. The van der Waals surface area contributed by atoms with E-state index in [4.69, 9.17) is 9.47 Å². The van der Waals surface area contributed by atoms with Crippen molar-refractivity contribution >= 4 is 12.1 Å². The van der Waals surface area contributed by atoms with E-state index in [-0.39, 0.29) is 37.0 Å². The van der Waals surface area contributed by atoms with Crippen LogP contribution in [0.15, 0.2) is 18.2 Å². The second kappa shape index (κ2) is 15.2. The number of carbonyl (C=O) groups is 2. The summed E-state index contributed by atoms with van der Waals surface area (Å²) in [7, 11) is 5.11. The monoisotopic (exact) mass is 536 g/mol. The number of methoxy groups -OCH3 is 1. The quantitative estimate of drug-likeness (QED) is 0.419. The third-order valence-corrected chi connectivity index (χ3v) is 7.71. The lowest BCUT2D eigenvalue weighted by Crippen LogP contribution is -2.52. The molecule has 3 amide bonds. The number of alkyl carbamates (subject to hydrolysis) is 1. The van der Waals surface area contributed by atoms with Gasteiger partial charge in [0.15, 0.2) is 0 Å². The van der Waals surface area contributed by atoms with E-state index in [0.717, 1.165) is 63.0 Å². The first-order valence-corrected chi connectivity index (χ1v) is 13.8. The van der Waals surface area contributed by atoms with Crippen molar-refractivity contribution in [1.29, 1.82) is 0 Å². The molecule has 0 spiro atoms. The van der Waals surface area contributed by atoms with Gasteiger partial charge < -0.3 is 34.6 Å². The second-order valence-electron chi connectivity index (χ2n) is 10.5. The Balaban J connectivity index is 1.70. The van der Waals surface area contributed by atoms with Crippen LogP contribution in [0.5, 0.6) is 0 Å². The number of benzene rings is 1.